The van der Waals surface area contributed by atoms with Crippen LogP contribution < -0.4 is 4.72 Å². The van der Waals surface area contributed by atoms with E-state index in [4.69, 9.17) is 9.15 Å². The summed E-state index contributed by atoms with van der Waals surface area (Å²) >= 11 is 0. The summed E-state index contributed by atoms with van der Waals surface area (Å²) in [5, 5.41) is -0.233. The summed E-state index contributed by atoms with van der Waals surface area (Å²) < 4.78 is 36.8. The third-order valence-electron chi connectivity index (χ3n) is 2.93. The summed E-state index contributed by atoms with van der Waals surface area (Å²) in [6, 6.07) is 2.43. The fraction of sp³-hybridized carbons (Fsp3) is 0.545. The zero-order chi connectivity index (χ0) is 13.2. The van der Waals surface area contributed by atoms with Crippen LogP contribution in [0.5, 0.6) is 0 Å². The van der Waals surface area contributed by atoms with Gasteiger partial charge in [-0.3, -0.25) is 4.79 Å². The van der Waals surface area contributed by atoms with E-state index < -0.39 is 10.0 Å². The Morgan fingerprint density at radius 2 is 2.22 bits per heavy atom. The van der Waals surface area contributed by atoms with E-state index in [0.717, 1.165) is 0 Å². The number of carbonyl (C=O) groups excluding carboxylic acids is 1. The number of sulfonamides is 1. The molecule has 1 fully saturated rings. The summed E-state index contributed by atoms with van der Waals surface area (Å²) in [6.07, 6.45) is 1.09. The van der Waals surface area contributed by atoms with Gasteiger partial charge >= 0.3 is 0 Å². The summed E-state index contributed by atoms with van der Waals surface area (Å²) in [4.78, 5) is 10.5. The number of hydrogen-bond donors (Lipinski definition) is 1. The Kier molecular flexibility index (Phi) is 3.84. The molecular weight excluding hydrogens is 258 g/mol. The highest BCUT2D eigenvalue weighted by molar-refractivity contribution is 7.89. The van der Waals surface area contributed by atoms with Crippen LogP contribution in [0.1, 0.15) is 23.9 Å². The topological polar surface area (TPSA) is 85.6 Å². The van der Waals surface area contributed by atoms with Crippen LogP contribution in [0, 0.1) is 5.92 Å². The van der Waals surface area contributed by atoms with E-state index >= 15 is 0 Å². The zero-order valence-electron chi connectivity index (χ0n) is 9.96. The summed E-state index contributed by atoms with van der Waals surface area (Å²) in [5.74, 6) is 0.101. The Morgan fingerprint density at radius 3 is 2.83 bits per heavy atom. The van der Waals surface area contributed by atoms with Gasteiger partial charge in [-0.05, 0) is 24.5 Å². The third-order valence-corrected chi connectivity index (χ3v) is 4.29. The van der Waals surface area contributed by atoms with E-state index in [2.05, 4.69) is 4.72 Å². The quantitative estimate of drug-likeness (QED) is 0.820. The molecule has 0 bridgehead atoms. The van der Waals surface area contributed by atoms with Gasteiger partial charge in [-0.15, -0.1) is 0 Å². The molecule has 1 aromatic rings. The van der Waals surface area contributed by atoms with Crippen LogP contribution in [-0.4, -0.2) is 34.0 Å². The Hall–Kier alpha value is -1.18. The maximum absolute atomic E-state index is 12.0. The molecule has 2 rings (SSSR count). The second-order valence-electron chi connectivity index (χ2n) is 4.34. The highest BCUT2D eigenvalue weighted by Crippen LogP contribution is 2.18. The molecule has 6 nitrogen and oxygen atoms in total. The molecule has 18 heavy (non-hydrogen) atoms. The summed E-state index contributed by atoms with van der Waals surface area (Å²) in [6.45, 7) is 2.99. The molecular formula is C11H15NO5S. The fourth-order valence-corrected chi connectivity index (χ4v) is 3.17. The lowest BCUT2D eigenvalue weighted by molar-refractivity contribution is 0.0449. The third kappa shape index (κ3) is 2.80. The number of furan rings is 1. The highest BCUT2D eigenvalue weighted by atomic mass is 32.2. The minimum atomic E-state index is -3.71. The van der Waals surface area contributed by atoms with Gasteiger partial charge in [0.25, 0.3) is 10.0 Å². The molecule has 2 unspecified atom stereocenters. The van der Waals surface area contributed by atoms with Crippen molar-refractivity contribution in [3.05, 3.63) is 17.9 Å². The van der Waals surface area contributed by atoms with E-state index in [0.29, 0.717) is 25.9 Å². The molecule has 1 aromatic heterocycles. The van der Waals surface area contributed by atoms with E-state index in [1.54, 1.807) is 0 Å². The first-order chi connectivity index (χ1) is 8.53. The van der Waals surface area contributed by atoms with Gasteiger partial charge in [0.15, 0.2) is 12.0 Å². The Morgan fingerprint density at radius 1 is 1.44 bits per heavy atom. The normalized spacial score (nSPS) is 24.9. The number of aldehydes is 1. The monoisotopic (exact) mass is 273 g/mol. The van der Waals surface area contributed by atoms with Crippen molar-refractivity contribution in [2.45, 2.75) is 24.5 Å². The molecule has 100 valence electrons. The van der Waals surface area contributed by atoms with Crippen LogP contribution in [0.4, 0.5) is 0 Å². The molecule has 0 amide bonds. The molecule has 1 aliphatic rings. The van der Waals surface area contributed by atoms with Crippen molar-refractivity contribution in [1.29, 1.82) is 0 Å². The number of rotatable bonds is 4. The zero-order valence-corrected chi connectivity index (χ0v) is 10.8. The second-order valence-corrected chi connectivity index (χ2v) is 5.99. The van der Waals surface area contributed by atoms with Gasteiger partial charge in [0, 0.05) is 12.6 Å². The predicted octanol–water partition coefficient (Wildman–Crippen LogP) is 0.795. The fourth-order valence-electron chi connectivity index (χ4n) is 1.85. The molecule has 2 heterocycles. The van der Waals surface area contributed by atoms with E-state index in [1.165, 1.54) is 12.1 Å². The molecule has 2 atom stereocenters. The van der Waals surface area contributed by atoms with Gasteiger partial charge in [-0.2, -0.15) is 0 Å². The van der Waals surface area contributed by atoms with Crippen LogP contribution in [0.3, 0.4) is 0 Å². The van der Waals surface area contributed by atoms with Crippen LogP contribution in [0.15, 0.2) is 21.6 Å². The van der Waals surface area contributed by atoms with Crippen molar-refractivity contribution >= 4 is 16.3 Å². The molecule has 1 N–H and O–H groups in total. The first-order valence-corrected chi connectivity index (χ1v) is 7.16. The maximum atomic E-state index is 12.0. The smallest absolute Gasteiger partial charge is 0.274 e. The molecule has 1 saturated heterocycles. The Labute approximate surface area is 105 Å². The molecule has 0 aromatic carbocycles. The summed E-state index contributed by atoms with van der Waals surface area (Å²) in [5.41, 5.74) is 0. The van der Waals surface area contributed by atoms with Gasteiger partial charge in [0.2, 0.25) is 5.09 Å². The van der Waals surface area contributed by atoms with Crippen molar-refractivity contribution in [2.75, 3.05) is 13.2 Å². The van der Waals surface area contributed by atoms with E-state index in [9.17, 15) is 13.2 Å². The molecule has 0 radical (unpaired) electrons. The van der Waals surface area contributed by atoms with E-state index in [-0.39, 0.29) is 22.8 Å². The van der Waals surface area contributed by atoms with Crippen LogP contribution in [0.25, 0.3) is 0 Å². The lowest BCUT2D eigenvalue weighted by Gasteiger charge is -2.28. The summed E-state index contributed by atoms with van der Waals surface area (Å²) in [7, 11) is -3.71. The highest BCUT2D eigenvalue weighted by Gasteiger charge is 2.28. The average Bonchev–Trinajstić information content (AvgIpc) is 2.81. The first kappa shape index (κ1) is 13.3. The molecule has 0 spiro atoms. The second kappa shape index (κ2) is 5.21. The van der Waals surface area contributed by atoms with Crippen molar-refractivity contribution in [3.8, 4) is 0 Å². The van der Waals surface area contributed by atoms with Gasteiger partial charge in [0.05, 0.1) is 6.61 Å². The minimum absolute atomic E-state index is 0.00426. The van der Waals surface area contributed by atoms with Gasteiger partial charge in [0.1, 0.15) is 0 Å². The number of carbonyl (C=O) groups is 1. The SMILES string of the molecule is CC1COCCC1NS(=O)(=O)c1ccc(C=O)o1. The van der Waals surface area contributed by atoms with Crippen LogP contribution >= 0.6 is 0 Å². The first-order valence-electron chi connectivity index (χ1n) is 5.68. The van der Waals surface area contributed by atoms with E-state index in [1.807, 2.05) is 6.92 Å². The lowest BCUT2D eigenvalue weighted by atomic mass is 9.99. The largest absolute Gasteiger partial charge is 0.440 e. The lowest BCUT2D eigenvalue weighted by Crippen LogP contribution is -2.44. The predicted molar refractivity (Wildman–Crippen MR) is 62.8 cm³/mol. The van der Waals surface area contributed by atoms with Crippen molar-refractivity contribution < 1.29 is 22.4 Å². The van der Waals surface area contributed by atoms with Gasteiger partial charge < -0.3 is 9.15 Å². The number of hydrogen-bond acceptors (Lipinski definition) is 5. The van der Waals surface area contributed by atoms with Crippen LogP contribution in [0.2, 0.25) is 0 Å². The van der Waals surface area contributed by atoms with Gasteiger partial charge in [-0.25, -0.2) is 13.1 Å². The number of ether oxygens (including phenoxy) is 1. The molecule has 1 aliphatic heterocycles. The minimum Gasteiger partial charge on any atom is -0.440 e. The Balaban J connectivity index is 2.13. The van der Waals surface area contributed by atoms with Crippen LogP contribution in [-0.2, 0) is 14.8 Å². The van der Waals surface area contributed by atoms with Crippen molar-refractivity contribution in [2.24, 2.45) is 5.92 Å². The average molecular weight is 273 g/mol. The molecule has 0 aliphatic carbocycles. The van der Waals surface area contributed by atoms with Crippen molar-refractivity contribution in [1.82, 2.24) is 4.72 Å². The standard InChI is InChI=1S/C11H15NO5S/c1-8-7-16-5-4-10(8)12-18(14,15)11-3-2-9(6-13)17-11/h2-3,6,8,10,12H,4-5,7H2,1H3. The van der Waals surface area contributed by atoms with Crippen molar-refractivity contribution in [3.63, 3.8) is 0 Å². The molecule has 0 saturated carbocycles. The molecule has 7 heteroatoms. The number of nitrogens with one attached hydrogen (secondary N) is 1. The Bertz CT molecular complexity index is 521. The maximum Gasteiger partial charge on any atom is 0.274 e. The van der Waals surface area contributed by atoms with Gasteiger partial charge in [-0.1, -0.05) is 6.92 Å².